The van der Waals surface area contributed by atoms with Gasteiger partial charge in [0.15, 0.2) is 0 Å². The summed E-state index contributed by atoms with van der Waals surface area (Å²) in [5.74, 6) is 0.212. The van der Waals surface area contributed by atoms with Crippen molar-refractivity contribution in [3.8, 4) is 0 Å². The molecule has 3 rings (SSSR count). The van der Waals surface area contributed by atoms with E-state index in [1.807, 2.05) is 6.92 Å². The molecule has 5 heteroatoms. The number of carbonyl (C=O) groups is 1. The fourth-order valence-electron chi connectivity index (χ4n) is 4.62. The molecule has 5 nitrogen and oxygen atoms in total. The van der Waals surface area contributed by atoms with E-state index in [-0.39, 0.29) is 17.9 Å². The largest absolute Gasteiger partial charge is 0.390 e. The van der Waals surface area contributed by atoms with Crippen LogP contribution in [-0.2, 0) is 9.53 Å². The summed E-state index contributed by atoms with van der Waals surface area (Å²) in [5.41, 5.74) is 0.816. The molecule has 2 saturated heterocycles. The van der Waals surface area contributed by atoms with Crippen molar-refractivity contribution >= 4 is 5.91 Å². The molecule has 2 N–H and O–H groups in total. The van der Waals surface area contributed by atoms with Gasteiger partial charge < -0.3 is 15.2 Å². The van der Waals surface area contributed by atoms with Gasteiger partial charge in [-0.2, -0.15) is 0 Å². The van der Waals surface area contributed by atoms with Crippen molar-refractivity contribution in [2.75, 3.05) is 32.8 Å². The standard InChI is InChI=1S/C20H34N2O3/c1-20(24)10-13-25-15-17(20)18-8-5-12-22(18)14-19(23)21-11-9-16-6-3-2-4-7-16/h6,17-18,24H,2-5,7-15H2,1H3,(H,21,23)/t17-,18-,20-/m0/s1. The zero-order valence-corrected chi connectivity index (χ0v) is 15.6. The molecule has 2 heterocycles. The van der Waals surface area contributed by atoms with Gasteiger partial charge in [0.05, 0.1) is 18.8 Å². The highest BCUT2D eigenvalue weighted by molar-refractivity contribution is 5.78. The molecular weight excluding hydrogens is 316 g/mol. The van der Waals surface area contributed by atoms with Crippen LogP contribution in [0.1, 0.15) is 58.3 Å². The Kier molecular flexibility index (Phi) is 6.53. The molecular formula is C20H34N2O3. The lowest BCUT2D eigenvalue weighted by Gasteiger charge is -2.43. The average molecular weight is 351 g/mol. The second kappa shape index (κ2) is 8.65. The van der Waals surface area contributed by atoms with E-state index in [1.165, 1.54) is 31.3 Å². The molecule has 1 aliphatic carbocycles. The van der Waals surface area contributed by atoms with E-state index in [1.54, 1.807) is 0 Å². The van der Waals surface area contributed by atoms with Crippen molar-refractivity contribution in [3.05, 3.63) is 11.6 Å². The van der Waals surface area contributed by atoms with Gasteiger partial charge in [0, 0.05) is 25.1 Å². The summed E-state index contributed by atoms with van der Waals surface area (Å²) >= 11 is 0. The Morgan fingerprint density at radius 1 is 1.44 bits per heavy atom. The van der Waals surface area contributed by atoms with Crippen LogP contribution < -0.4 is 5.32 Å². The van der Waals surface area contributed by atoms with E-state index in [4.69, 9.17) is 4.74 Å². The Labute approximate surface area is 151 Å². The number of aliphatic hydroxyl groups is 1. The molecule has 2 aliphatic heterocycles. The molecule has 0 unspecified atom stereocenters. The second-order valence-corrected chi connectivity index (χ2v) is 8.18. The maximum absolute atomic E-state index is 12.4. The summed E-state index contributed by atoms with van der Waals surface area (Å²) in [5, 5.41) is 13.8. The fourth-order valence-corrected chi connectivity index (χ4v) is 4.62. The molecule has 142 valence electrons. The molecule has 0 aromatic rings. The third kappa shape index (κ3) is 5.05. The minimum Gasteiger partial charge on any atom is -0.390 e. The van der Waals surface area contributed by atoms with Crippen molar-refractivity contribution in [3.63, 3.8) is 0 Å². The lowest BCUT2D eigenvalue weighted by atomic mass is 9.79. The van der Waals surface area contributed by atoms with Gasteiger partial charge in [-0.1, -0.05) is 11.6 Å². The predicted molar refractivity (Wildman–Crippen MR) is 98.3 cm³/mol. The van der Waals surface area contributed by atoms with Crippen LogP contribution in [0.5, 0.6) is 0 Å². The molecule has 0 radical (unpaired) electrons. The first-order valence-electron chi connectivity index (χ1n) is 10.0. The van der Waals surface area contributed by atoms with Gasteiger partial charge in [0.25, 0.3) is 0 Å². The van der Waals surface area contributed by atoms with Crippen LogP contribution in [0.15, 0.2) is 11.6 Å². The lowest BCUT2D eigenvalue weighted by Crippen LogP contribution is -2.53. The summed E-state index contributed by atoms with van der Waals surface area (Å²) in [4.78, 5) is 14.6. The van der Waals surface area contributed by atoms with Gasteiger partial charge in [-0.25, -0.2) is 0 Å². The molecule has 0 spiro atoms. The van der Waals surface area contributed by atoms with Crippen LogP contribution in [0, 0.1) is 5.92 Å². The molecule has 0 aromatic heterocycles. The number of allylic oxidation sites excluding steroid dienone is 1. The van der Waals surface area contributed by atoms with Crippen molar-refractivity contribution < 1.29 is 14.6 Å². The molecule has 3 atom stereocenters. The highest BCUT2D eigenvalue weighted by atomic mass is 16.5. The maximum Gasteiger partial charge on any atom is 0.234 e. The molecule has 25 heavy (non-hydrogen) atoms. The van der Waals surface area contributed by atoms with E-state index < -0.39 is 5.60 Å². The Morgan fingerprint density at radius 2 is 2.32 bits per heavy atom. The molecule has 3 aliphatic rings. The maximum atomic E-state index is 12.4. The number of amides is 1. The fraction of sp³-hybridized carbons (Fsp3) is 0.850. The third-order valence-corrected chi connectivity index (χ3v) is 6.23. The summed E-state index contributed by atoms with van der Waals surface area (Å²) < 4.78 is 5.62. The number of ether oxygens (including phenoxy) is 1. The van der Waals surface area contributed by atoms with Crippen molar-refractivity contribution in [1.29, 1.82) is 0 Å². The number of nitrogens with one attached hydrogen (secondary N) is 1. The van der Waals surface area contributed by atoms with Gasteiger partial charge >= 0.3 is 0 Å². The number of nitrogens with zero attached hydrogens (tertiary/aromatic N) is 1. The predicted octanol–water partition coefficient (Wildman–Crippen LogP) is 2.24. The first-order chi connectivity index (χ1) is 12.1. The number of hydrogen-bond acceptors (Lipinski definition) is 4. The van der Waals surface area contributed by atoms with Crippen LogP contribution in [-0.4, -0.2) is 60.4 Å². The normalized spacial score (nSPS) is 33.9. The monoisotopic (exact) mass is 350 g/mol. The molecule has 1 amide bonds. The topological polar surface area (TPSA) is 61.8 Å². The second-order valence-electron chi connectivity index (χ2n) is 8.18. The van der Waals surface area contributed by atoms with Gasteiger partial charge in [-0.3, -0.25) is 9.69 Å². The Balaban J connectivity index is 1.46. The molecule has 2 fully saturated rings. The van der Waals surface area contributed by atoms with Gasteiger partial charge in [0.1, 0.15) is 0 Å². The minimum atomic E-state index is -0.685. The number of likely N-dealkylation sites (tertiary alicyclic amines) is 1. The van der Waals surface area contributed by atoms with Crippen LogP contribution in [0.25, 0.3) is 0 Å². The smallest absolute Gasteiger partial charge is 0.234 e. The summed E-state index contributed by atoms with van der Waals surface area (Å²) in [6.45, 7) is 5.28. The van der Waals surface area contributed by atoms with Gasteiger partial charge in [-0.05, 0) is 64.8 Å². The third-order valence-electron chi connectivity index (χ3n) is 6.23. The van der Waals surface area contributed by atoms with Crippen molar-refractivity contribution in [2.24, 2.45) is 5.92 Å². The Hall–Kier alpha value is -0.910. The van der Waals surface area contributed by atoms with Gasteiger partial charge in [-0.15, -0.1) is 0 Å². The van der Waals surface area contributed by atoms with Crippen LogP contribution in [0.3, 0.4) is 0 Å². The van der Waals surface area contributed by atoms with E-state index >= 15 is 0 Å². The summed E-state index contributed by atoms with van der Waals surface area (Å²) in [6, 6.07) is 0.252. The van der Waals surface area contributed by atoms with E-state index in [0.717, 1.165) is 32.4 Å². The Bertz CT molecular complexity index is 489. The molecule has 0 aromatic carbocycles. The quantitative estimate of drug-likeness (QED) is 0.721. The van der Waals surface area contributed by atoms with E-state index in [9.17, 15) is 9.90 Å². The number of rotatable bonds is 6. The average Bonchev–Trinajstić information content (AvgIpc) is 3.03. The van der Waals surface area contributed by atoms with Crippen LogP contribution in [0.4, 0.5) is 0 Å². The van der Waals surface area contributed by atoms with E-state index in [2.05, 4.69) is 16.3 Å². The first-order valence-corrected chi connectivity index (χ1v) is 10.0. The molecule has 0 saturated carbocycles. The zero-order chi connectivity index (χ0) is 17.7. The number of carbonyl (C=O) groups excluding carboxylic acids is 1. The van der Waals surface area contributed by atoms with E-state index in [0.29, 0.717) is 26.2 Å². The SMILES string of the molecule is C[C@]1(O)CCOC[C@H]1[C@@H]1CCCN1CC(=O)NCCC1=CCCCC1. The number of hydrogen-bond donors (Lipinski definition) is 2. The summed E-state index contributed by atoms with van der Waals surface area (Å²) in [6.07, 6.45) is 11.1. The van der Waals surface area contributed by atoms with Crippen molar-refractivity contribution in [2.45, 2.75) is 69.9 Å². The lowest BCUT2D eigenvalue weighted by molar-refractivity contribution is -0.131. The van der Waals surface area contributed by atoms with Gasteiger partial charge in [0.2, 0.25) is 5.91 Å². The zero-order valence-electron chi connectivity index (χ0n) is 15.6. The highest BCUT2D eigenvalue weighted by Crippen LogP contribution is 2.35. The minimum absolute atomic E-state index is 0.101. The van der Waals surface area contributed by atoms with Crippen LogP contribution in [0.2, 0.25) is 0 Å². The Morgan fingerprint density at radius 3 is 3.08 bits per heavy atom. The highest BCUT2D eigenvalue weighted by Gasteiger charge is 2.44. The van der Waals surface area contributed by atoms with Crippen molar-refractivity contribution in [1.82, 2.24) is 10.2 Å². The first kappa shape index (κ1) is 18.9. The summed E-state index contributed by atoms with van der Waals surface area (Å²) in [7, 11) is 0. The molecule has 0 bridgehead atoms. The van der Waals surface area contributed by atoms with Crippen LogP contribution >= 0.6 is 0 Å².